The normalized spacial score (nSPS) is 23.6. The summed E-state index contributed by atoms with van der Waals surface area (Å²) in [5, 5.41) is 6.70. The van der Waals surface area contributed by atoms with Crippen molar-refractivity contribution in [1.82, 2.24) is 10.6 Å². The van der Waals surface area contributed by atoms with E-state index in [1.807, 2.05) is 0 Å². The lowest BCUT2D eigenvalue weighted by Gasteiger charge is -2.21. The molecule has 0 aromatic rings. The minimum atomic E-state index is -0.0510. The highest BCUT2D eigenvalue weighted by molar-refractivity contribution is 5.79. The fourth-order valence-corrected chi connectivity index (χ4v) is 2.31. The van der Waals surface area contributed by atoms with Crippen molar-refractivity contribution >= 4 is 5.96 Å². The average molecular weight is 269 g/mol. The number of hydrogen-bond acceptors (Lipinski definition) is 2. The summed E-state index contributed by atoms with van der Waals surface area (Å²) in [5.74, 6) is 0.927. The lowest BCUT2D eigenvalue weighted by atomic mass is 10.0. The summed E-state index contributed by atoms with van der Waals surface area (Å²) in [6.07, 6.45) is 7.39. The van der Waals surface area contributed by atoms with Crippen LogP contribution in [0.25, 0.3) is 0 Å². The molecule has 0 spiro atoms. The highest BCUT2D eigenvalue weighted by Crippen LogP contribution is 2.24. The molecule has 1 fully saturated rings. The maximum Gasteiger partial charge on any atom is 0.191 e. The Hall–Kier alpha value is -0.770. The lowest BCUT2D eigenvalue weighted by Crippen LogP contribution is -2.39. The minimum absolute atomic E-state index is 0.0510. The van der Waals surface area contributed by atoms with Crippen LogP contribution >= 0.6 is 0 Å². The van der Waals surface area contributed by atoms with Crippen LogP contribution in [0.5, 0.6) is 0 Å². The summed E-state index contributed by atoms with van der Waals surface area (Å²) < 4.78 is 5.76. The molecule has 1 heterocycles. The van der Waals surface area contributed by atoms with Gasteiger partial charge in [-0.1, -0.05) is 26.2 Å². The molecule has 1 rings (SSSR count). The molecule has 112 valence electrons. The largest absolute Gasteiger partial charge is 0.373 e. The van der Waals surface area contributed by atoms with E-state index in [1.54, 1.807) is 0 Å². The average Bonchev–Trinajstić information content (AvgIpc) is 2.83. The molecule has 1 atom stereocenters. The van der Waals surface area contributed by atoms with Crippen molar-refractivity contribution in [1.29, 1.82) is 0 Å². The Kier molecular flexibility index (Phi) is 7.87. The van der Waals surface area contributed by atoms with E-state index in [2.05, 4.69) is 36.4 Å². The summed E-state index contributed by atoms with van der Waals surface area (Å²) in [6, 6.07) is 0. The Bertz CT molecular complexity index is 260. The number of hydrogen-bond donors (Lipinski definition) is 2. The molecule has 4 nitrogen and oxygen atoms in total. The van der Waals surface area contributed by atoms with E-state index in [-0.39, 0.29) is 5.60 Å². The molecule has 0 aromatic heterocycles. The molecular weight excluding hydrogens is 238 g/mol. The summed E-state index contributed by atoms with van der Waals surface area (Å²) in [5.41, 5.74) is -0.0510. The van der Waals surface area contributed by atoms with Gasteiger partial charge in [0.05, 0.1) is 12.1 Å². The van der Waals surface area contributed by atoms with Gasteiger partial charge in [0.25, 0.3) is 0 Å². The second kappa shape index (κ2) is 9.18. The summed E-state index contributed by atoms with van der Waals surface area (Å²) >= 11 is 0. The number of ether oxygens (including phenoxy) is 1. The second-order valence-corrected chi connectivity index (χ2v) is 5.58. The molecule has 1 saturated heterocycles. The number of rotatable bonds is 8. The van der Waals surface area contributed by atoms with Gasteiger partial charge in [0, 0.05) is 19.7 Å². The lowest BCUT2D eigenvalue weighted by molar-refractivity contribution is 0.0283. The van der Waals surface area contributed by atoms with Crippen LogP contribution in [0, 0.1) is 0 Å². The molecule has 0 saturated carbocycles. The maximum atomic E-state index is 5.76. The molecule has 0 amide bonds. The summed E-state index contributed by atoms with van der Waals surface area (Å²) in [4.78, 5) is 4.65. The van der Waals surface area contributed by atoms with Crippen LogP contribution in [-0.4, -0.2) is 37.8 Å². The molecule has 1 aliphatic rings. The van der Waals surface area contributed by atoms with Crippen LogP contribution < -0.4 is 10.6 Å². The number of nitrogens with one attached hydrogen (secondary N) is 2. The quantitative estimate of drug-likeness (QED) is 0.404. The molecule has 2 N–H and O–H groups in total. The predicted molar refractivity (Wildman–Crippen MR) is 81.7 cm³/mol. The van der Waals surface area contributed by atoms with Crippen molar-refractivity contribution in [2.45, 2.75) is 64.9 Å². The van der Waals surface area contributed by atoms with E-state index in [0.29, 0.717) is 0 Å². The zero-order valence-electron chi connectivity index (χ0n) is 12.9. The Morgan fingerprint density at radius 2 is 2.05 bits per heavy atom. The van der Waals surface area contributed by atoms with E-state index in [4.69, 9.17) is 4.74 Å². The molecule has 19 heavy (non-hydrogen) atoms. The van der Waals surface area contributed by atoms with Gasteiger partial charge in [0.2, 0.25) is 0 Å². The van der Waals surface area contributed by atoms with Gasteiger partial charge in [-0.3, -0.25) is 4.99 Å². The molecular formula is C15H31N3O. The van der Waals surface area contributed by atoms with Crippen molar-refractivity contribution in [3.8, 4) is 0 Å². The van der Waals surface area contributed by atoms with Crippen molar-refractivity contribution in [3.05, 3.63) is 0 Å². The Morgan fingerprint density at radius 1 is 1.21 bits per heavy atom. The monoisotopic (exact) mass is 269 g/mol. The van der Waals surface area contributed by atoms with Crippen LogP contribution in [0.4, 0.5) is 0 Å². The topological polar surface area (TPSA) is 45.7 Å². The van der Waals surface area contributed by atoms with Crippen LogP contribution in [0.1, 0.15) is 59.3 Å². The molecule has 0 aromatic carbocycles. The van der Waals surface area contributed by atoms with Crippen LogP contribution in [0.15, 0.2) is 4.99 Å². The first-order valence-electron chi connectivity index (χ1n) is 7.86. The van der Waals surface area contributed by atoms with Gasteiger partial charge in [0.1, 0.15) is 0 Å². The Balaban J connectivity index is 2.29. The molecule has 1 aliphatic heterocycles. The van der Waals surface area contributed by atoms with Crippen LogP contribution in [-0.2, 0) is 4.74 Å². The van der Waals surface area contributed by atoms with Gasteiger partial charge in [-0.2, -0.15) is 0 Å². The predicted octanol–water partition coefficient (Wildman–Crippen LogP) is 2.69. The van der Waals surface area contributed by atoms with Crippen molar-refractivity contribution in [3.63, 3.8) is 0 Å². The third-order valence-corrected chi connectivity index (χ3v) is 3.54. The van der Waals surface area contributed by atoms with Gasteiger partial charge in [-0.05, 0) is 33.1 Å². The molecule has 0 radical (unpaired) electrons. The first-order chi connectivity index (χ1) is 9.20. The number of unbranched alkanes of at least 4 members (excludes halogenated alkanes) is 3. The van der Waals surface area contributed by atoms with E-state index in [9.17, 15) is 0 Å². The number of nitrogens with zero attached hydrogens (tertiary/aromatic N) is 1. The fourth-order valence-electron chi connectivity index (χ4n) is 2.31. The first kappa shape index (κ1) is 16.3. The van der Waals surface area contributed by atoms with Gasteiger partial charge < -0.3 is 15.4 Å². The zero-order chi connectivity index (χ0) is 14.0. The maximum absolute atomic E-state index is 5.76. The van der Waals surface area contributed by atoms with Gasteiger partial charge in [-0.15, -0.1) is 0 Å². The van der Waals surface area contributed by atoms with Crippen molar-refractivity contribution in [2.24, 2.45) is 4.99 Å². The second-order valence-electron chi connectivity index (χ2n) is 5.58. The van der Waals surface area contributed by atoms with Gasteiger partial charge in [0.15, 0.2) is 5.96 Å². The highest BCUT2D eigenvalue weighted by atomic mass is 16.5. The highest BCUT2D eigenvalue weighted by Gasteiger charge is 2.29. The number of aliphatic imine (C=N–C) groups is 1. The smallest absolute Gasteiger partial charge is 0.191 e. The van der Waals surface area contributed by atoms with Gasteiger partial charge >= 0.3 is 0 Å². The molecule has 4 heteroatoms. The van der Waals surface area contributed by atoms with Crippen molar-refractivity contribution in [2.75, 3.05) is 26.2 Å². The Morgan fingerprint density at radius 3 is 2.68 bits per heavy atom. The van der Waals surface area contributed by atoms with Crippen LogP contribution in [0.2, 0.25) is 0 Å². The van der Waals surface area contributed by atoms with Gasteiger partial charge in [-0.25, -0.2) is 0 Å². The summed E-state index contributed by atoms with van der Waals surface area (Å²) in [6.45, 7) is 10.0. The third-order valence-electron chi connectivity index (χ3n) is 3.54. The van der Waals surface area contributed by atoms with E-state index < -0.39 is 0 Å². The minimum Gasteiger partial charge on any atom is -0.373 e. The van der Waals surface area contributed by atoms with E-state index >= 15 is 0 Å². The standard InChI is InChI=1S/C15H31N3O/c1-4-6-7-8-11-17-14(16-5-2)18-13-15(3)10-9-12-19-15/h4-13H2,1-3H3,(H2,16,17,18). The molecule has 0 bridgehead atoms. The molecule has 1 unspecified atom stereocenters. The SMILES string of the molecule is CCCCCCNC(=NCC1(C)CCCO1)NCC. The zero-order valence-corrected chi connectivity index (χ0v) is 12.9. The third kappa shape index (κ3) is 6.81. The van der Waals surface area contributed by atoms with Crippen molar-refractivity contribution < 1.29 is 4.74 Å². The first-order valence-corrected chi connectivity index (χ1v) is 7.86. The van der Waals surface area contributed by atoms with E-state index in [1.165, 1.54) is 25.7 Å². The Labute approximate surface area is 118 Å². The van der Waals surface area contributed by atoms with E-state index in [0.717, 1.165) is 45.0 Å². The fraction of sp³-hybridized carbons (Fsp3) is 0.933. The summed E-state index contributed by atoms with van der Waals surface area (Å²) in [7, 11) is 0. The molecule has 0 aliphatic carbocycles. The number of guanidine groups is 1. The van der Waals surface area contributed by atoms with Crippen LogP contribution in [0.3, 0.4) is 0 Å².